The van der Waals surface area contributed by atoms with Crippen LogP contribution in [0.25, 0.3) is 0 Å². The van der Waals surface area contributed by atoms with Gasteiger partial charge in [-0.3, -0.25) is 4.79 Å². The van der Waals surface area contributed by atoms with Crippen molar-refractivity contribution >= 4 is 11.8 Å². The number of carboxylic acid groups (broad SMARTS) is 1. The molecule has 0 fully saturated rings. The van der Waals surface area contributed by atoms with Gasteiger partial charge in [0, 0.05) is 6.42 Å². The van der Waals surface area contributed by atoms with Gasteiger partial charge in [0.15, 0.2) is 0 Å². The summed E-state index contributed by atoms with van der Waals surface area (Å²) in [6, 6.07) is 2.36. The molecule has 0 spiro atoms. The highest BCUT2D eigenvalue weighted by molar-refractivity contribution is 5.89. The lowest BCUT2D eigenvalue weighted by Gasteiger charge is -2.06. The van der Waals surface area contributed by atoms with Crippen molar-refractivity contribution in [2.24, 2.45) is 0 Å². The van der Waals surface area contributed by atoms with Gasteiger partial charge in [0.1, 0.15) is 11.6 Å². The first-order chi connectivity index (χ1) is 6.91. The normalized spacial score (nSPS) is 10.1. The SMILES string of the molecule is CC(=O)Cc1cc(C(=O)O)c(F)cc1C. The number of carbonyl (C=O) groups is 2. The number of carboxylic acids is 1. The fraction of sp³-hybridized carbons (Fsp3) is 0.273. The first kappa shape index (κ1) is 11.4. The zero-order valence-corrected chi connectivity index (χ0v) is 8.50. The summed E-state index contributed by atoms with van der Waals surface area (Å²) in [5, 5.41) is 8.69. The number of ketones is 1. The molecule has 1 N–H and O–H groups in total. The second-order valence-corrected chi connectivity index (χ2v) is 3.44. The number of Topliss-reactive ketones (excluding diaryl/α,β-unsaturated/α-hetero) is 1. The Kier molecular flexibility index (Phi) is 3.19. The second kappa shape index (κ2) is 4.21. The Bertz CT molecular complexity index is 424. The van der Waals surface area contributed by atoms with E-state index in [-0.39, 0.29) is 12.2 Å². The molecular formula is C11H11FO3. The number of halogens is 1. The molecule has 0 aromatic heterocycles. The highest BCUT2D eigenvalue weighted by Crippen LogP contribution is 2.16. The third-order valence-corrected chi connectivity index (χ3v) is 2.10. The van der Waals surface area contributed by atoms with Crippen LogP contribution in [0, 0.1) is 12.7 Å². The molecule has 80 valence electrons. The molecule has 15 heavy (non-hydrogen) atoms. The van der Waals surface area contributed by atoms with E-state index in [1.54, 1.807) is 6.92 Å². The molecule has 4 heteroatoms. The van der Waals surface area contributed by atoms with E-state index in [1.165, 1.54) is 13.0 Å². The average Bonchev–Trinajstić information content (AvgIpc) is 2.08. The summed E-state index contributed by atoms with van der Waals surface area (Å²) >= 11 is 0. The summed E-state index contributed by atoms with van der Waals surface area (Å²) < 4.78 is 13.2. The first-order valence-electron chi connectivity index (χ1n) is 4.43. The quantitative estimate of drug-likeness (QED) is 0.829. The lowest BCUT2D eigenvalue weighted by Crippen LogP contribution is -2.06. The van der Waals surface area contributed by atoms with Gasteiger partial charge in [-0.25, -0.2) is 9.18 Å². The Morgan fingerprint density at radius 3 is 2.47 bits per heavy atom. The lowest BCUT2D eigenvalue weighted by molar-refractivity contribution is -0.116. The molecule has 0 amide bonds. The van der Waals surface area contributed by atoms with Crippen molar-refractivity contribution in [2.75, 3.05) is 0 Å². The van der Waals surface area contributed by atoms with E-state index in [9.17, 15) is 14.0 Å². The predicted molar refractivity (Wildman–Crippen MR) is 52.5 cm³/mol. The van der Waals surface area contributed by atoms with Gasteiger partial charge in [0.25, 0.3) is 0 Å². The molecule has 0 aliphatic heterocycles. The molecule has 0 unspecified atom stereocenters. The van der Waals surface area contributed by atoms with Gasteiger partial charge >= 0.3 is 5.97 Å². The molecule has 0 radical (unpaired) electrons. The molecule has 1 aromatic rings. The number of aryl methyl sites for hydroxylation is 1. The van der Waals surface area contributed by atoms with Gasteiger partial charge in [-0.15, -0.1) is 0 Å². The van der Waals surface area contributed by atoms with E-state index in [2.05, 4.69) is 0 Å². The van der Waals surface area contributed by atoms with Crippen LogP contribution in [0.1, 0.15) is 28.4 Å². The molecule has 0 bridgehead atoms. The van der Waals surface area contributed by atoms with Crippen LogP contribution in [-0.2, 0) is 11.2 Å². The van der Waals surface area contributed by atoms with Crippen LogP contribution in [0.4, 0.5) is 4.39 Å². The summed E-state index contributed by atoms with van der Waals surface area (Å²) in [5.41, 5.74) is 0.755. The summed E-state index contributed by atoms with van der Waals surface area (Å²) in [7, 11) is 0. The van der Waals surface area contributed by atoms with Gasteiger partial charge in [-0.2, -0.15) is 0 Å². The van der Waals surface area contributed by atoms with Crippen LogP contribution in [-0.4, -0.2) is 16.9 Å². The molecule has 0 atom stereocenters. The summed E-state index contributed by atoms with van der Waals surface area (Å²) in [6.45, 7) is 3.05. The molecule has 3 nitrogen and oxygen atoms in total. The Balaban J connectivity index is 3.23. The molecule has 0 aliphatic rings. The molecule has 1 aromatic carbocycles. The topological polar surface area (TPSA) is 54.4 Å². The van der Waals surface area contributed by atoms with Crippen molar-refractivity contribution in [1.29, 1.82) is 0 Å². The zero-order chi connectivity index (χ0) is 11.6. The average molecular weight is 210 g/mol. The van der Waals surface area contributed by atoms with E-state index in [4.69, 9.17) is 5.11 Å². The summed E-state index contributed by atoms with van der Waals surface area (Å²) in [4.78, 5) is 21.5. The van der Waals surface area contributed by atoms with Gasteiger partial charge < -0.3 is 5.11 Å². The number of hydrogen-bond acceptors (Lipinski definition) is 2. The van der Waals surface area contributed by atoms with Gasteiger partial charge in [-0.05, 0) is 37.1 Å². The Labute approximate surface area is 86.5 Å². The van der Waals surface area contributed by atoms with Crippen molar-refractivity contribution in [3.05, 3.63) is 34.6 Å². The van der Waals surface area contributed by atoms with Crippen LogP contribution in [0.2, 0.25) is 0 Å². The standard InChI is InChI=1S/C11H11FO3/c1-6-3-10(12)9(11(14)15)5-8(6)4-7(2)13/h3,5H,4H2,1-2H3,(H,14,15). The number of hydrogen-bond donors (Lipinski definition) is 1. The highest BCUT2D eigenvalue weighted by Gasteiger charge is 2.13. The minimum absolute atomic E-state index is 0.0824. The van der Waals surface area contributed by atoms with Crippen molar-refractivity contribution in [2.45, 2.75) is 20.3 Å². The molecule has 0 heterocycles. The van der Waals surface area contributed by atoms with E-state index < -0.39 is 17.3 Å². The molecule has 0 aliphatic carbocycles. The van der Waals surface area contributed by atoms with Crippen LogP contribution >= 0.6 is 0 Å². The monoisotopic (exact) mass is 210 g/mol. The molecule has 0 saturated carbocycles. The molecule has 1 rings (SSSR count). The molecular weight excluding hydrogens is 199 g/mol. The van der Waals surface area contributed by atoms with Crippen LogP contribution in [0.15, 0.2) is 12.1 Å². The number of carbonyl (C=O) groups excluding carboxylic acids is 1. The number of aromatic carboxylic acids is 1. The second-order valence-electron chi connectivity index (χ2n) is 3.44. The van der Waals surface area contributed by atoms with Crippen LogP contribution in [0.5, 0.6) is 0 Å². The fourth-order valence-corrected chi connectivity index (χ4v) is 1.34. The fourth-order valence-electron chi connectivity index (χ4n) is 1.34. The Morgan fingerprint density at radius 1 is 1.40 bits per heavy atom. The maximum absolute atomic E-state index is 13.2. The maximum atomic E-state index is 13.2. The smallest absolute Gasteiger partial charge is 0.338 e. The van der Waals surface area contributed by atoms with Crippen LogP contribution < -0.4 is 0 Å². The number of rotatable bonds is 3. The van der Waals surface area contributed by atoms with E-state index in [0.717, 1.165) is 6.07 Å². The largest absolute Gasteiger partial charge is 0.478 e. The first-order valence-corrected chi connectivity index (χ1v) is 4.43. The third kappa shape index (κ3) is 2.62. The zero-order valence-electron chi connectivity index (χ0n) is 8.50. The summed E-state index contributed by atoms with van der Waals surface area (Å²) in [6.07, 6.45) is 0.131. The lowest BCUT2D eigenvalue weighted by atomic mass is 10.0. The van der Waals surface area contributed by atoms with Crippen LogP contribution in [0.3, 0.4) is 0 Å². The van der Waals surface area contributed by atoms with Gasteiger partial charge in [-0.1, -0.05) is 0 Å². The third-order valence-electron chi connectivity index (χ3n) is 2.10. The molecule has 0 saturated heterocycles. The van der Waals surface area contributed by atoms with E-state index >= 15 is 0 Å². The Morgan fingerprint density at radius 2 is 2.00 bits per heavy atom. The van der Waals surface area contributed by atoms with E-state index in [1.807, 2.05) is 0 Å². The van der Waals surface area contributed by atoms with Crippen molar-refractivity contribution in [3.63, 3.8) is 0 Å². The van der Waals surface area contributed by atoms with Gasteiger partial charge in [0.05, 0.1) is 5.56 Å². The maximum Gasteiger partial charge on any atom is 0.338 e. The number of benzene rings is 1. The van der Waals surface area contributed by atoms with Crippen molar-refractivity contribution in [1.82, 2.24) is 0 Å². The van der Waals surface area contributed by atoms with E-state index in [0.29, 0.717) is 11.1 Å². The van der Waals surface area contributed by atoms with Crippen molar-refractivity contribution in [3.8, 4) is 0 Å². The van der Waals surface area contributed by atoms with Crippen molar-refractivity contribution < 1.29 is 19.1 Å². The Hall–Kier alpha value is -1.71. The highest BCUT2D eigenvalue weighted by atomic mass is 19.1. The minimum Gasteiger partial charge on any atom is -0.478 e. The minimum atomic E-state index is -1.32. The summed E-state index contributed by atoms with van der Waals surface area (Å²) in [5.74, 6) is -2.18. The van der Waals surface area contributed by atoms with Gasteiger partial charge in [0.2, 0.25) is 0 Å². The predicted octanol–water partition coefficient (Wildman–Crippen LogP) is 1.96.